The molecule has 1 atom stereocenters. The Kier molecular flexibility index (Phi) is 5.82. The Hall–Kier alpha value is -1.80. The summed E-state index contributed by atoms with van der Waals surface area (Å²) in [4.78, 5) is 0. The summed E-state index contributed by atoms with van der Waals surface area (Å²) in [5, 5.41) is 3.53. The summed E-state index contributed by atoms with van der Waals surface area (Å²) in [6, 6.07) is 17.2. The fourth-order valence-electron chi connectivity index (χ4n) is 2.45. The number of nitrogens with one attached hydrogen (secondary N) is 1. The molecule has 0 saturated carbocycles. The van der Waals surface area contributed by atoms with Gasteiger partial charge in [-0.05, 0) is 50.4 Å². The van der Waals surface area contributed by atoms with E-state index < -0.39 is 0 Å². The predicted molar refractivity (Wildman–Crippen MR) is 88.9 cm³/mol. The second-order valence-electron chi connectivity index (χ2n) is 5.51. The molecule has 0 amide bonds. The number of benzene rings is 2. The fraction of sp³-hybridized carbons (Fsp3) is 0.368. The van der Waals surface area contributed by atoms with Gasteiger partial charge in [0.25, 0.3) is 0 Å². The van der Waals surface area contributed by atoms with E-state index >= 15 is 0 Å². The van der Waals surface area contributed by atoms with Crippen LogP contribution in [0.25, 0.3) is 0 Å². The van der Waals surface area contributed by atoms with Gasteiger partial charge in [-0.25, -0.2) is 0 Å². The van der Waals surface area contributed by atoms with Crippen molar-refractivity contribution in [2.24, 2.45) is 0 Å². The summed E-state index contributed by atoms with van der Waals surface area (Å²) in [6.45, 7) is 8.10. The zero-order valence-electron chi connectivity index (χ0n) is 13.2. The third-order valence-corrected chi connectivity index (χ3v) is 3.73. The minimum absolute atomic E-state index is 0.381. The van der Waals surface area contributed by atoms with Gasteiger partial charge in [0, 0.05) is 6.04 Å². The van der Waals surface area contributed by atoms with Crippen molar-refractivity contribution in [3.8, 4) is 5.75 Å². The van der Waals surface area contributed by atoms with Gasteiger partial charge in [-0.15, -0.1) is 0 Å². The van der Waals surface area contributed by atoms with Crippen LogP contribution in [-0.4, -0.2) is 13.2 Å². The summed E-state index contributed by atoms with van der Waals surface area (Å²) in [5.41, 5.74) is 3.74. The molecule has 0 aliphatic carbocycles. The molecule has 2 aromatic carbocycles. The lowest BCUT2D eigenvalue weighted by molar-refractivity contribution is 0.302. The van der Waals surface area contributed by atoms with Crippen LogP contribution in [0.5, 0.6) is 5.75 Å². The van der Waals surface area contributed by atoms with E-state index in [1.54, 1.807) is 0 Å². The van der Waals surface area contributed by atoms with Crippen LogP contribution in [0.3, 0.4) is 0 Å². The fourth-order valence-corrected chi connectivity index (χ4v) is 2.45. The molecule has 21 heavy (non-hydrogen) atoms. The first kappa shape index (κ1) is 15.6. The maximum Gasteiger partial charge on any atom is 0.125 e. The quantitative estimate of drug-likeness (QED) is 0.759. The molecule has 0 spiro atoms. The van der Waals surface area contributed by atoms with E-state index in [1.807, 2.05) is 0 Å². The standard InChI is InChI=1S/C19H25NO/c1-15-9-7-10-16(2)19(15)21-14-8-13-20-17(3)18-11-5-4-6-12-18/h4-7,9-12,17,20H,8,13-14H2,1-3H3. The van der Waals surface area contributed by atoms with Gasteiger partial charge in [0.05, 0.1) is 6.61 Å². The first-order valence-electron chi connectivity index (χ1n) is 7.66. The second-order valence-corrected chi connectivity index (χ2v) is 5.51. The minimum atomic E-state index is 0.381. The van der Waals surface area contributed by atoms with E-state index in [9.17, 15) is 0 Å². The van der Waals surface area contributed by atoms with E-state index in [4.69, 9.17) is 4.74 Å². The number of hydrogen-bond donors (Lipinski definition) is 1. The van der Waals surface area contributed by atoms with Gasteiger partial charge in [-0.2, -0.15) is 0 Å². The molecule has 0 heterocycles. The van der Waals surface area contributed by atoms with E-state index in [2.05, 4.69) is 74.6 Å². The molecule has 1 unspecified atom stereocenters. The van der Waals surface area contributed by atoms with Gasteiger partial charge in [0.1, 0.15) is 5.75 Å². The van der Waals surface area contributed by atoms with Gasteiger partial charge >= 0.3 is 0 Å². The summed E-state index contributed by atoms with van der Waals surface area (Å²) in [5.74, 6) is 1.04. The average molecular weight is 283 g/mol. The third-order valence-electron chi connectivity index (χ3n) is 3.73. The highest BCUT2D eigenvalue weighted by atomic mass is 16.5. The molecule has 0 aromatic heterocycles. The molecule has 2 heteroatoms. The summed E-state index contributed by atoms with van der Waals surface area (Å²) >= 11 is 0. The third kappa shape index (κ3) is 4.61. The van der Waals surface area contributed by atoms with Crippen molar-refractivity contribution in [1.82, 2.24) is 5.32 Å². The Labute approximate surface area is 128 Å². The lowest BCUT2D eigenvalue weighted by Gasteiger charge is -2.15. The SMILES string of the molecule is Cc1cccc(C)c1OCCCNC(C)c1ccccc1. The Bertz CT molecular complexity index is 530. The topological polar surface area (TPSA) is 21.3 Å². The van der Waals surface area contributed by atoms with Crippen molar-refractivity contribution < 1.29 is 4.74 Å². The maximum absolute atomic E-state index is 5.92. The lowest BCUT2D eigenvalue weighted by atomic mass is 10.1. The minimum Gasteiger partial charge on any atom is -0.493 e. The highest BCUT2D eigenvalue weighted by Gasteiger charge is 2.04. The summed E-state index contributed by atoms with van der Waals surface area (Å²) in [7, 11) is 0. The number of para-hydroxylation sites is 1. The van der Waals surface area contributed by atoms with Gasteiger partial charge in [-0.3, -0.25) is 0 Å². The van der Waals surface area contributed by atoms with Crippen LogP contribution in [0.2, 0.25) is 0 Å². The molecule has 2 rings (SSSR count). The highest BCUT2D eigenvalue weighted by molar-refractivity contribution is 5.39. The monoisotopic (exact) mass is 283 g/mol. The lowest BCUT2D eigenvalue weighted by Crippen LogP contribution is -2.21. The van der Waals surface area contributed by atoms with Crippen LogP contribution in [0.4, 0.5) is 0 Å². The van der Waals surface area contributed by atoms with Crippen molar-refractivity contribution in [1.29, 1.82) is 0 Å². The molecule has 0 radical (unpaired) electrons. The molecule has 0 fully saturated rings. The van der Waals surface area contributed by atoms with Crippen molar-refractivity contribution in [3.05, 3.63) is 65.2 Å². The van der Waals surface area contributed by atoms with Crippen molar-refractivity contribution in [2.75, 3.05) is 13.2 Å². The van der Waals surface area contributed by atoms with Crippen molar-refractivity contribution in [2.45, 2.75) is 33.2 Å². The van der Waals surface area contributed by atoms with Crippen LogP contribution in [0.1, 0.15) is 36.1 Å². The Balaban J connectivity index is 1.71. The number of aryl methyl sites for hydroxylation is 2. The van der Waals surface area contributed by atoms with Gasteiger partial charge in [-0.1, -0.05) is 48.5 Å². The van der Waals surface area contributed by atoms with E-state index in [-0.39, 0.29) is 0 Å². The molecule has 2 nitrogen and oxygen atoms in total. The first-order valence-corrected chi connectivity index (χ1v) is 7.66. The second kappa shape index (κ2) is 7.84. The van der Waals surface area contributed by atoms with Crippen molar-refractivity contribution >= 4 is 0 Å². The Morgan fingerprint density at radius 1 is 0.952 bits per heavy atom. The maximum atomic E-state index is 5.92. The summed E-state index contributed by atoms with van der Waals surface area (Å²) < 4.78 is 5.92. The Morgan fingerprint density at radius 3 is 2.29 bits per heavy atom. The number of ether oxygens (including phenoxy) is 1. The van der Waals surface area contributed by atoms with Gasteiger partial charge in [0.2, 0.25) is 0 Å². The van der Waals surface area contributed by atoms with Gasteiger partial charge in [0.15, 0.2) is 0 Å². The Morgan fingerprint density at radius 2 is 1.62 bits per heavy atom. The van der Waals surface area contributed by atoms with Crippen molar-refractivity contribution in [3.63, 3.8) is 0 Å². The number of rotatable bonds is 7. The first-order chi connectivity index (χ1) is 10.2. The molecule has 2 aromatic rings. The largest absolute Gasteiger partial charge is 0.493 e. The zero-order chi connectivity index (χ0) is 15.1. The molecule has 0 aliphatic rings. The smallest absolute Gasteiger partial charge is 0.125 e. The highest BCUT2D eigenvalue weighted by Crippen LogP contribution is 2.22. The van der Waals surface area contributed by atoms with Crippen LogP contribution in [0, 0.1) is 13.8 Å². The normalized spacial score (nSPS) is 12.1. The van der Waals surface area contributed by atoms with E-state index in [0.717, 1.165) is 25.3 Å². The van der Waals surface area contributed by atoms with Crippen LogP contribution in [0.15, 0.2) is 48.5 Å². The molecule has 0 aliphatic heterocycles. The van der Waals surface area contributed by atoms with Crippen LogP contribution < -0.4 is 10.1 Å². The average Bonchev–Trinajstić information content (AvgIpc) is 2.50. The molecule has 0 saturated heterocycles. The van der Waals surface area contributed by atoms with E-state index in [0.29, 0.717) is 6.04 Å². The molecule has 0 bridgehead atoms. The van der Waals surface area contributed by atoms with Crippen LogP contribution >= 0.6 is 0 Å². The number of hydrogen-bond acceptors (Lipinski definition) is 2. The molecular weight excluding hydrogens is 258 g/mol. The molecule has 112 valence electrons. The van der Waals surface area contributed by atoms with E-state index in [1.165, 1.54) is 16.7 Å². The van der Waals surface area contributed by atoms with Crippen LogP contribution in [-0.2, 0) is 0 Å². The summed E-state index contributed by atoms with van der Waals surface area (Å²) in [6.07, 6.45) is 1.00. The predicted octanol–water partition coefficient (Wildman–Crippen LogP) is 4.42. The molecule has 1 N–H and O–H groups in total. The van der Waals surface area contributed by atoms with Gasteiger partial charge < -0.3 is 10.1 Å². The zero-order valence-corrected chi connectivity index (χ0v) is 13.2. The molecular formula is C19H25NO.